The molecule has 6 heteroatoms. The lowest BCUT2D eigenvalue weighted by atomic mass is 9.94. The summed E-state index contributed by atoms with van der Waals surface area (Å²) in [5, 5.41) is 0. The largest absolute Gasteiger partial charge is 0.330 e. The second kappa shape index (κ2) is 6.20. The highest BCUT2D eigenvalue weighted by molar-refractivity contribution is 7.89. The van der Waals surface area contributed by atoms with E-state index in [9.17, 15) is 12.8 Å². The van der Waals surface area contributed by atoms with Crippen LogP contribution in [0.5, 0.6) is 0 Å². The van der Waals surface area contributed by atoms with Gasteiger partial charge in [-0.05, 0) is 36.6 Å². The maximum absolute atomic E-state index is 13.3. The van der Waals surface area contributed by atoms with Gasteiger partial charge in [0.15, 0.2) is 0 Å². The van der Waals surface area contributed by atoms with E-state index in [0.717, 1.165) is 6.07 Å². The Labute approximate surface area is 120 Å². The van der Waals surface area contributed by atoms with E-state index >= 15 is 0 Å². The smallest absolute Gasteiger partial charge is 0.243 e. The Bertz CT molecular complexity index is 571. The molecule has 20 heavy (non-hydrogen) atoms. The minimum absolute atomic E-state index is 0.0205. The number of hydrogen-bond donors (Lipinski definition) is 1. The Balaban J connectivity index is 3.22. The van der Waals surface area contributed by atoms with Gasteiger partial charge >= 0.3 is 0 Å². The lowest BCUT2D eigenvalue weighted by Gasteiger charge is -2.30. The van der Waals surface area contributed by atoms with E-state index in [-0.39, 0.29) is 10.3 Å². The maximum Gasteiger partial charge on any atom is 0.243 e. The van der Waals surface area contributed by atoms with Crippen molar-refractivity contribution in [2.24, 2.45) is 11.1 Å². The molecule has 2 N–H and O–H groups in total. The van der Waals surface area contributed by atoms with Crippen molar-refractivity contribution in [3.8, 4) is 0 Å². The molecule has 1 aromatic carbocycles. The summed E-state index contributed by atoms with van der Waals surface area (Å²) >= 11 is 0. The summed E-state index contributed by atoms with van der Waals surface area (Å²) in [5.41, 5.74) is 5.87. The molecule has 0 bridgehead atoms. The molecule has 0 amide bonds. The van der Waals surface area contributed by atoms with Crippen LogP contribution in [-0.2, 0) is 10.0 Å². The third-order valence-corrected chi connectivity index (χ3v) is 5.34. The van der Waals surface area contributed by atoms with Crippen LogP contribution in [0.3, 0.4) is 0 Å². The predicted octanol–water partition coefficient (Wildman–Crippen LogP) is 2.13. The number of nitrogens with zero attached hydrogens (tertiary/aromatic N) is 1. The number of halogens is 1. The van der Waals surface area contributed by atoms with Gasteiger partial charge in [-0.15, -0.1) is 0 Å². The van der Waals surface area contributed by atoms with Gasteiger partial charge in [-0.2, -0.15) is 4.31 Å². The Kier molecular flexibility index (Phi) is 5.29. The molecule has 114 valence electrons. The van der Waals surface area contributed by atoms with Crippen LogP contribution < -0.4 is 5.73 Å². The fourth-order valence-electron chi connectivity index (χ4n) is 1.90. The SMILES string of the molecule is CCN(CC(C)(C)CN)S(=O)(=O)c1cc(F)ccc1C. The first-order chi connectivity index (χ1) is 9.14. The van der Waals surface area contributed by atoms with E-state index < -0.39 is 15.8 Å². The van der Waals surface area contributed by atoms with Gasteiger partial charge in [-0.25, -0.2) is 12.8 Å². The van der Waals surface area contributed by atoms with Crippen molar-refractivity contribution in [2.45, 2.75) is 32.6 Å². The van der Waals surface area contributed by atoms with Gasteiger partial charge in [0.2, 0.25) is 10.0 Å². The van der Waals surface area contributed by atoms with Gasteiger partial charge in [0.1, 0.15) is 5.82 Å². The quantitative estimate of drug-likeness (QED) is 0.875. The van der Waals surface area contributed by atoms with Crippen LogP contribution in [0.15, 0.2) is 23.1 Å². The van der Waals surface area contributed by atoms with E-state index in [1.807, 2.05) is 13.8 Å². The summed E-state index contributed by atoms with van der Waals surface area (Å²) in [7, 11) is -3.71. The maximum atomic E-state index is 13.3. The molecule has 0 fully saturated rings. The first-order valence-electron chi connectivity index (χ1n) is 6.60. The molecular formula is C14H23FN2O2S. The molecule has 4 nitrogen and oxygen atoms in total. The summed E-state index contributed by atoms with van der Waals surface area (Å²) in [6.07, 6.45) is 0. The molecular weight excluding hydrogens is 279 g/mol. The third kappa shape index (κ3) is 3.77. The standard InChI is InChI=1S/C14H23FN2O2S/c1-5-17(10-14(3,4)9-16)20(18,19)13-8-12(15)7-6-11(13)2/h6-8H,5,9-10,16H2,1-4H3. The zero-order valence-electron chi connectivity index (χ0n) is 12.5. The third-order valence-electron chi connectivity index (χ3n) is 3.28. The van der Waals surface area contributed by atoms with E-state index in [2.05, 4.69) is 0 Å². The fraction of sp³-hybridized carbons (Fsp3) is 0.571. The van der Waals surface area contributed by atoms with Crippen LogP contribution >= 0.6 is 0 Å². The topological polar surface area (TPSA) is 63.4 Å². The molecule has 0 saturated heterocycles. The Morgan fingerprint density at radius 3 is 2.45 bits per heavy atom. The number of rotatable bonds is 6. The average molecular weight is 302 g/mol. The molecule has 0 atom stereocenters. The van der Waals surface area contributed by atoms with E-state index in [0.29, 0.717) is 25.2 Å². The van der Waals surface area contributed by atoms with Gasteiger partial charge in [0.05, 0.1) is 4.90 Å². The highest BCUT2D eigenvalue weighted by Crippen LogP contribution is 2.24. The van der Waals surface area contributed by atoms with Crippen LogP contribution in [0.4, 0.5) is 4.39 Å². The summed E-state index contributed by atoms with van der Waals surface area (Å²) in [6.45, 7) is 8.24. The van der Waals surface area contributed by atoms with Gasteiger partial charge in [-0.3, -0.25) is 0 Å². The van der Waals surface area contributed by atoms with E-state index in [1.165, 1.54) is 16.4 Å². The van der Waals surface area contributed by atoms with Crippen LogP contribution in [0, 0.1) is 18.2 Å². The molecule has 0 saturated carbocycles. The molecule has 0 aliphatic heterocycles. The normalized spacial score (nSPS) is 12.9. The summed E-state index contributed by atoms with van der Waals surface area (Å²) in [5.74, 6) is -0.552. The number of hydrogen-bond acceptors (Lipinski definition) is 3. The molecule has 0 unspecified atom stereocenters. The van der Waals surface area contributed by atoms with Crippen molar-refractivity contribution in [3.05, 3.63) is 29.6 Å². The predicted molar refractivity (Wildman–Crippen MR) is 78.4 cm³/mol. The Morgan fingerprint density at radius 1 is 1.35 bits per heavy atom. The summed E-state index contributed by atoms with van der Waals surface area (Å²) in [4.78, 5) is 0.0205. The van der Waals surface area contributed by atoms with Crippen molar-refractivity contribution in [1.82, 2.24) is 4.31 Å². The zero-order valence-corrected chi connectivity index (χ0v) is 13.3. The lowest BCUT2D eigenvalue weighted by molar-refractivity contribution is 0.273. The van der Waals surface area contributed by atoms with Gasteiger partial charge in [0, 0.05) is 13.1 Å². The van der Waals surface area contributed by atoms with Gasteiger partial charge in [-0.1, -0.05) is 26.8 Å². The molecule has 0 spiro atoms. The second-order valence-electron chi connectivity index (χ2n) is 5.71. The first-order valence-corrected chi connectivity index (χ1v) is 8.04. The minimum Gasteiger partial charge on any atom is -0.330 e. The number of aryl methyl sites for hydroxylation is 1. The van der Waals surface area contributed by atoms with Crippen molar-refractivity contribution in [1.29, 1.82) is 0 Å². The molecule has 0 aliphatic rings. The number of benzene rings is 1. The van der Waals surface area contributed by atoms with E-state index in [1.54, 1.807) is 13.8 Å². The number of nitrogens with two attached hydrogens (primary N) is 1. The summed E-state index contributed by atoms with van der Waals surface area (Å²) < 4.78 is 40.0. The van der Waals surface area contributed by atoms with Gasteiger partial charge in [0.25, 0.3) is 0 Å². The minimum atomic E-state index is -3.71. The van der Waals surface area contributed by atoms with Crippen molar-refractivity contribution < 1.29 is 12.8 Å². The molecule has 0 aromatic heterocycles. The fourth-order valence-corrected chi connectivity index (χ4v) is 3.77. The monoisotopic (exact) mass is 302 g/mol. The summed E-state index contributed by atoms with van der Waals surface area (Å²) in [6, 6.07) is 3.81. The molecule has 0 heterocycles. The first kappa shape index (κ1) is 17.1. The number of sulfonamides is 1. The zero-order chi connectivity index (χ0) is 15.6. The van der Waals surface area contributed by atoms with Crippen LogP contribution in [-0.4, -0.2) is 32.4 Å². The van der Waals surface area contributed by atoms with Crippen LogP contribution in [0.1, 0.15) is 26.3 Å². The molecule has 1 rings (SSSR count). The molecule has 1 aromatic rings. The van der Waals surface area contributed by atoms with Crippen molar-refractivity contribution in [2.75, 3.05) is 19.6 Å². The van der Waals surface area contributed by atoms with Gasteiger partial charge < -0.3 is 5.73 Å². The highest BCUT2D eigenvalue weighted by atomic mass is 32.2. The Hall–Kier alpha value is -0.980. The van der Waals surface area contributed by atoms with Crippen molar-refractivity contribution in [3.63, 3.8) is 0 Å². The second-order valence-corrected chi connectivity index (χ2v) is 7.62. The lowest BCUT2D eigenvalue weighted by Crippen LogP contribution is -2.42. The van der Waals surface area contributed by atoms with Crippen molar-refractivity contribution >= 4 is 10.0 Å². The van der Waals surface area contributed by atoms with Crippen LogP contribution in [0.25, 0.3) is 0 Å². The van der Waals surface area contributed by atoms with E-state index in [4.69, 9.17) is 5.73 Å². The van der Waals surface area contributed by atoms with Crippen LogP contribution in [0.2, 0.25) is 0 Å². The molecule has 0 aliphatic carbocycles. The highest BCUT2D eigenvalue weighted by Gasteiger charge is 2.30. The Morgan fingerprint density at radius 2 is 1.95 bits per heavy atom. The molecule has 0 radical (unpaired) electrons. The average Bonchev–Trinajstić information content (AvgIpc) is 2.38.